The van der Waals surface area contributed by atoms with Gasteiger partial charge in [-0.1, -0.05) is 38.5 Å². The minimum atomic E-state index is -0.971. The number of hydrogen-bond acceptors (Lipinski definition) is 11. The van der Waals surface area contributed by atoms with Crippen molar-refractivity contribution >= 4 is 45.8 Å². The second kappa shape index (κ2) is 18.5. The van der Waals surface area contributed by atoms with E-state index in [2.05, 4.69) is 50.9 Å². The molecule has 0 spiro atoms. The number of ether oxygens (including phenoxy) is 5. The lowest BCUT2D eigenvalue weighted by molar-refractivity contribution is -0.138. The van der Waals surface area contributed by atoms with Crippen LogP contribution in [-0.2, 0) is 35.1 Å². The van der Waals surface area contributed by atoms with Gasteiger partial charge in [0, 0.05) is 43.7 Å². The van der Waals surface area contributed by atoms with Gasteiger partial charge in [0.15, 0.2) is 0 Å². The third-order valence-electron chi connectivity index (χ3n) is 13.4. The standard InChI is InChI=1S/C47H58N8O9/c1-9-24(2)39(52-46(58)62-7)45(57)55-25(3)10-15-36(55)42-48-20-35(50-42)29-11-13-31-30(17-29)23-64-38-19-32-28(18-33(31)38)12-14-34-41(32)51-43(49-34)37-16-27(22-60-5)21-54(37)44(56)40(26(4)61-6)53-47(59)63-8/h11-14,17-20,24-27,36-37,39-40H,9-10,15-16,21-23H2,1-8H3,(H,48,50)(H,49,51)(H,52,58)(H,53,59)/t24?,25-,26?,27-,36-,37-,39?,40?/m0/s1. The van der Waals surface area contributed by atoms with E-state index in [1.54, 1.807) is 18.9 Å². The van der Waals surface area contributed by atoms with Gasteiger partial charge in [0.2, 0.25) is 11.8 Å². The van der Waals surface area contributed by atoms with E-state index in [0.717, 1.165) is 68.3 Å². The van der Waals surface area contributed by atoms with Crippen LogP contribution in [0, 0.1) is 11.8 Å². The summed E-state index contributed by atoms with van der Waals surface area (Å²) >= 11 is 0. The fourth-order valence-corrected chi connectivity index (χ4v) is 9.60. The number of nitrogens with zero attached hydrogens (tertiary/aromatic N) is 4. The average Bonchev–Trinajstić information content (AvgIpc) is 4.14. The molecule has 5 heterocycles. The molecule has 8 atom stereocenters. The van der Waals surface area contributed by atoms with Gasteiger partial charge in [0.25, 0.3) is 0 Å². The molecule has 340 valence electrons. The van der Waals surface area contributed by atoms with Crippen LogP contribution in [0.1, 0.15) is 82.7 Å². The zero-order valence-electron chi connectivity index (χ0n) is 37.7. The summed E-state index contributed by atoms with van der Waals surface area (Å²) in [6.07, 6.45) is 2.75. The first-order chi connectivity index (χ1) is 30.9. The van der Waals surface area contributed by atoms with Crippen LogP contribution in [0.25, 0.3) is 44.2 Å². The maximum atomic E-state index is 14.1. The maximum Gasteiger partial charge on any atom is 0.407 e. The highest BCUT2D eigenvalue weighted by atomic mass is 16.5. The summed E-state index contributed by atoms with van der Waals surface area (Å²) in [5.41, 5.74) is 6.43. The number of aromatic nitrogens is 4. The van der Waals surface area contributed by atoms with Crippen molar-refractivity contribution in [1.29, 1.82) is 0 Å². The number of likely N-dealkylation sites (tertiary alicyclic amines) is 2. The summed E-state index contributed by atoms with van der Waals surface area (Å²) in [6.45, 7) is 8.97. The minimum absolute atomic E-state index is 0.0241. The lowest BCUT2D eigenvalue weighted by atomic mass is 9.92. The van der Waals surface area contributed by atoms with Crippen LogP contribution in [-0.4, -0.2) is 120 Å². The van der Waals surface area contributed by atoms with Crippen molar-refractivity contribution < 1.29 is 42.9 Å². The Morgan fingerprint density at radius 2 is 1.66 bits per heavy atom. The number of rotatable bonds is 13. The molecule has 0 saturated carbocycles. The molecule has 8 rings (SSSR count). The number of fused-ring (bicyclic) bond motifs is 6. The smallest absolute Gasteiger partial charge is 0.407 e. The Labute approximate surface area is 371 Å². The number of benzene rings is 3. The first kappa shape index (κ1) is 44.4. The first-order valence-corrected chi connectivity index (χ1v) is 22.0. The molecule has 4 amide bonds. The molecular weight excluding hydrogens is 821 g/mol. The fraction of sp³-hybridized carbons (Fsp3) is 0.489. The molecule has 2 saturated heterocycles. The number of amides is 4. The van der Waals surface area contributed by atoms with E-state index in [9.17, 15) is 19.2 Å². The number of H-pyrrole nitrogens is 2. The zero-order valence-corrected chi connectivity index (χ0v) is 37.7. The zero-order chi connectivity index (χ0) is 45.4. The molecular formula is C47H58N8O9. The van der Waals surface area contributed by atoms with Gasteiger partial charge in [-0.25, -0.2) is 19.6 Å². The Morgan fingerprint density at radius 1 is 0.891 bits per heavy atom. The van der Waals surface area contributed by atoms with E-state index < -0.39 is 36.4 Å². The molecule has 2 fully saturated rings. The molecule has 4 unspecified atom stereocenters. The summed E-state index contributed by atoms with van der Waals surface area (Å²) in [5.74, 6) is 1.62. The minimum Gasteiger partial charge on any atom is -0.488 e. The summed E-state index contributed by atoms with van der Waals surface area (Å²) in [5, 5.41) is 7.33. The van der Waals surface area contributed by atoms with Crippen LogP contribution in [0.3, 0.4) is 0 Å². The van der Waals surface area contributed by atoms with Gasteiger partial charge >= 0.3 is 12.2 Å². The molecule has 5 aromatic rings. The third kappa shape index (κ3) is 8.33. The normalized spacial score (nSPS) is 21.1. The highest BCUT2D eigenvalue weighted by molar-refractivity contribution is 6.07. The van der Waals surface area contributed by atoms with Crippen LogP contribution in [0.4, 0.5) is 9.59 Å². The van der Waals surface area contributed by atoms with E-state index in [-0.39, 0.29) is 35.7 Å². The van der Waals surface area contributed by atoms with Crippen molar-refractivity contribution in [2.24, 2.45) is 11.8 Å². The molecule has 3 aromatic carbocycles. The topological polar surface area (TPSA) is 202 Å². The molecule has 3 aliphatic heterocycles. The van der Waals surface area contributed by atoms with E-state index >= 15 is 0 Å². The molecule has 3 aliphatic rings. The van der Waals surface area contributed by atoms with E-state index in [1.807, 2.05) is 44.0 Å². The third-order valence-corrected chi connectivity index (χ3v) is 13.4. The van der Waals surface area contributed by atoms with Gasteiger partial charge in [-0.3, -0.25) is 9.59 Å². The lowest BCUT2D eigenvalue weighted by Crippen LogP contribution is -2.54. The number of alkyl carbamates (subject to hydrolysis) is 2. The molecule has 0 bridgehead atoms. The SMILES string of the molecule is CCC(C)C(NC(=O)OC)C(=O)N1[C@@H](C)CC[C@H]1c1ncc(-c2ccc3c(c2)COc2cc4c(ccc5[nH]c([C@@H]6C[C@H](COC)CN6C(=O)C(NC(=O)OC)C(C)OC)nc54)cc2-3)[nH]1. The second-order valence-corrected chi connectivity index (χ2v) is 17.3. The molecule has 2 aromatic heterocycles. The van der Waals surface area contributed by atoms with E-state index in [1.165, 1.54) is 21.3 Å². The summed E-state index contributed by atoms with van der Waals surface area (Å²) in [4.78, 5) is 73.2. The van der Waals surface area contributed by atoms with Gasteiger partial charge in [-0.2, -0.15) is 0 Å². The van der Waals surface area contributed by atoms with Crippen molar-refractivity contribution in [3.8, 4) is 28.1 Å². The monoisotopic (exact) mass is 878 g/mol. The number of hydrogen-bond donors (Lipinski definition) is 4. The number of carbonyl (C=O) groups excluding carboxylic acids is 4. The Hall–Kier alpha value is -6.20. The van der Waals surface area contributed by atoms with Gasteiger partial charge in [0.1, 0.15) is 36.1 Å². The number of imidazole rings is 2. The Kier molecular flexibility index (Phi) is 12.8. The first-order valence-electron chi connectivity index (χ1n) is 22.0. The Morgan fingerprint density at radius 3 is 2.38 bits per heavy atom. The van der Waals surface area contributed by atoms with Gasteiger partial charge in [-0.15, -0.1) is 0 Å². The van der Waals surface area contributed by atoms with Crippen molar-refractivity contribution in [2.75, 3.05) is 41.6 Å². The number of aromatic amines is 2. The quantitative estimate of drug-likeness (QED) is 0.0971. The number of carbonyl (C=O) groups is 4. The molecule has 0 radical (unpaired) electrons. The van der Waals surface area contributed by atoms with Crippen LogP contribution >= 0.6 is 0 Å². The maximum absolute atomic E-state index is 14.1. The fourth-order valence-electron chi connectivity index (χ4n) is 9.60. The lowest BCUT2D eigenvalue weighted by Gasteiger charge is -2.33. The van der Waals surface area contributed by atoms with Crippen molar-refractivity contribution in [2.45, 2.75) is 96.3 Å². The molecule has 4 N–H and O–H groups in total. The van der Waals surface area contributed by atoms with Crippen LogP contribution in [0.5, 0.6) is 5.75 Å². The summed E-state index contributed by atoms with van der Waals surface area (Å²) < 4.78 is 27.1. The van der Waals surface area contributed by atoms with Crippen LogP contribution < -0.4 is 15.4 Å². The molecule has 17 heteroatoms. The Balaban J connectivity index is 1.05. The van der Waals surface area contributed by atoms with Gasteiger partial charge in [0.05, 0.1) is 61.9 Å². The highest BCUT2D eigenvalue weighted by Crippen LogP contribution is 2.44. The predicted octanol–water partition coefficient (Wildman–Crippen LogP) is 6.78. The summed E-state index contributed by atoms with van der Waals surface area (Å²) in [7, 11) is 5.69. The van der Waals surface area contributed by atoms with Gasteiger partial charge < -0.3 is 54.1 Å². The number of nitrogens with one attached hydrogen (secondary N) is 4. The van der Waals surface area contributed by atoms with E-state index in [4.69, 9.17) is 33.7 Å². The number of methoxy groups -OCH3 is 4. The largest absolute Gasteiger partial charge is 0.488 e. The predicted molar refractivity (Wildman–Crippen MR) is 238 cm³/mol. The summed E-state index contributed by atoms with van der Waals surface area (Å²) in [6, 6.07) is 12.2. The highest BCUT2D eigenvalue weighted by Gasteiger charge is 2.44. The van der Waals surface area contributed by atoms with Crippen LogP contribution in [0.15, 0.2) is 48.7 Å². The van der Waals surface area contributed by atoms with Gasteiger partial charge in [-0.05, 0) is 85.4 Å². The molecule has 17 nitrogen and oxygen atoms in total. The van der Waals surface area contributed by atoms with Crippen molar-refractivity contribution in [3.05, 3.63) is 65.9 Å². The molecule has 64 heavy (non-hydrogen) atoms. The van der Waals surface area contributed by atoms with Crippen molar-refractivity contribution in [3.63, 3.8) is 0 Å². The Bertz CT molecular complexity index is 2560. The van der Waals surface area contributed by atoms with E-state index in [0.29, 0.717) is 44.2 Å². The van der Waals surface area contributed by atoms with Crippen LogP contribution in [0.2, 0.25) is 0 Å². The van der Waals surface area contributed by atoms with Crippen molar-refractivity contribution in [1.82, 2.24) is 40.4 Å². The second-order valence-electron chi connectivity index (χ2n) is 17.3. The molecule has 0 aliphatic carbocycles. The average molecular weight is 879 g/mol.